The summed E-state index contributed by atoms with van der Waals surface area (Å²) < 4.78 is 0. The van der Waals surface area contributed by atoms with E-state index >= 15 is 0 Å². The Morgan fingerprint density at radius 1 is 1.65 bits per heavy atom. The highest BCUT2D eigenvalue weighted by atomic mass is 16.2. The summed E-state index contributed by atoms with van der Waals surface area (Å²) in [5.41, 5.74) is 0.957. The minimum Gasteiger partial charge on any atom is -0.353 e. The summed E-state index contributed by atoms with van der Waals surface area (Å²) in [7, 11) is 0. The zero-order valence-corrected chi connectivity index (χ0v) is 9.54. The molecule has 0 bridgehead atoms. The number of aromatic nitrogens is 2. The zero-order valence-electron chi connectivity index (χ0n) is 9.54. The number of carbonyl (C=O) groups is 2. The highest BCUT2D eigenvalue weighted by molar-refractivity contribution is 5.96. The van der Waals surface area contributed by atoms with Crippen LogP contribution in [0.5, 0.6) is 0 Å². The van der Waals surface area contributed by atoms with Gasteiger partial charge in [0.25, 0.3) is 0 Å². The van der Waals surface area contributed by atoms with E-state index in [-0.39, 0.29) is 18.4 Å². The van der Waals surface area contributed by atoms with E-state index in [4.69, 9.17) is 0 Å². The van der Waals surface area contributed by atoms with Gasteiger partial charge in [0.05, 0.1) is 12.7 Å². The van der Waals surface area contributed by atoms with E-state index in [1.165, 1.54) is 0 Å². The first-order valence-corrected chi connectivity index (χ1v) is 5.54. The molecule has 2 heterocycles. The Labute approximate surface area is 98.4 Å². The highest BCUT2D eigenvalue weighted by Crippen LogP contribution is 2.11. The Bertz CT molecular complexity index is 418. The number of rotatable bonds is 3. The van der Waals surface area contributed by atoms with Crippen LogP contribution in [-0.2, 0) is 16.0 Å². The summed E-state index contributed by atoms with van der Waals surface area (Å²) in [4.78, 5) is 22.8. The number of aryl methyl sites for hydroxylation is 1. The van der Waals surface area contributed by atoms with Crippen LogP contribution in [0.3, 0.4) is 0 Å². The predicted molar refractivity (Wildman–Crippen MR) is 61.4 cm³/mol. The summed E-state index contributed by atoms with van der Waals surface area (Å²) in [6, 6.07) is -0.402. The van der Waals surface area contributed by atoms with E-state index in [0.717, 1.165) is 12.0 Å². The van der Waals surface area contributed by atoms with Gasteiger partial charge in [-0.15, -0.1) is 0 Å². The summed E-state index contributed by atoms with van der Waals surface area (Å²) in [5.74, 6) is 0.352. The minimum atomic E-state index is -0.402. The fraction of sp³-hybridized carbons (Fsp3) is 0.500. The van der Waals surface area contributed by atoms with Gasteiger partial charge in [0, 0.05) is 12.1 Å². The number of anilines is 1. The molecule has 0 spiro atoms. The van der Waals surface area contributed by atoms with Gasteiger partial charge in [-0.3, -0.25) is 20.0 Å². The lowest BCUT2D eigenvalue weighted by Gasteiger charge is -2.22. The van der Waals surface area contributed by atoms with Crippen molar-refractivity contribution in [3.8, 4) is 0 Å². The largest absolute Gasteiger partial charge is 0.353 e. The maximum atomic E-state index is 11.9. The number of nitrogens with zero attached hydrogens (tertiary/aromatic N) is 1. The molecule has 1 aromatic rings. The number of piperazine rings is 1. The second-order valence-corrected chi connectivity index (χ2v) is 3.85. The minimum absolute atomic E-state index is 0.0927. The number of aromatic amines is 1. The second kappa shape index (κ2) is 4.96. The molecule has 2 rings (SSSR count). The van der Waals surface area contributed by atoms with Crippen LogP contribution in [0.25, 0.3) is 0 Å². The van der Waals surface area contributed by atoms with Crippen LogP contribution >= 0.6 is 0 Å². The first-order chi connectivity index (χ1) is 8.20. The van der Waals surface area contributed by atoms with Gasteiger partial charge in [-0.25, -0.2) is 0 Å². The monoisotopic (exact) mass is 237 g/mol. The first-order valence-electron chi connectivity index (χ1n) is 5.54. The van der Waals surface area contributed by atoms with Gasteiger partial charge < -0.3 is 10.6 Å². The number of amides is 2. The Balaban J connectivity index is 1.95. The van der Waals surface area contributed by atoms with Crippen LogP contribution in [0.4, 0.5) is 5.82 Å². The fourth-order valence-electron chi connectivity index (χ4n) is 1.65. The molecule has 17 heavy (non-hydrogen) atoms. The van der Waals surface area contributed by atoms with Gasteiger partial charge in [-0.1, -0.05) is 6.92 Å². The number of hydrogen-bond donors (Lipinski definition) is 4. The highest BCUT2D eigenvalue weighted by Gasteiger charge is 2.24. The van der Waals surface area contributed by atoms with Crippen LogP contribution in [0.2, 0.25) is 0 Å². The van der Waals surface area contributed by atoms with E-state index in [1.54, 1.807) is 6.20 Å². The van der Waals surface area contributed by atoms with Crippen molar-refractivity contribution in [2.45, 2.75) is 19.4 Å². The van der Waals surface area contributed by atoms with Crippen molar-refractivity contribution >= 4 is 17.6 Å². The quantitative estimate of drug-likeness (QED) is 0.542. The molecule has 1 saturated heterocycles. The lowest BCUT2D eigenvalue weighted by Crippen LogP contribution is -2.56. The maximum Gasteiger partial charge on any atom is 0.244 e. The molecule has 92 valence electrons. The van der Waals surface area contributed by atoms with Crippen molar-refractivity contribution in [1.82, 2.24) is 20.8 Å². The number of carbonyl (C=O) groups excluding carboxylic acids is 2. The molecule has 0 saturated carbocycles. The molecule has 0 radical (unpaired) electrons. The third-order valence-electron chi connectivity index (χ3n) is 2.68. The first kappa shape index (κ1) is 11.6. The smallest absolute Gasteiger partial charge is 0.244 e. The molecule has 0 aliphatic carbocycles. The number of nitrogens with one attached hydrogen (secondary N) is 4. The van der Waals surface area contributed by atoms with E-state index in [0.29, 0.717) is 12.4 Å². The number of H-pyrrole nitrogens is 1. The molecule has 1 unspecified atom stereocenters. The van der Waals surface area contributed by atoms with Gasteiger partial charge in [-0.2, -0.15) is 5.10 Å². The van der Waals surface area contributed by atoms with Crippen molar-refractivity contribution in [2.24, 2.45) is 0 Å². The van der Waals surface area contributed by atoms with E-state index < -0.39 is 6.04 Å². The van der Waals surface area contributed by atoms with Gasteiger partial charge in [-0.05, 0) is 6.42 Å². The molecular weight excluding hydrogens is 222 g/mol. The summed E-state index contributed by atoms with van der Waals surface area (Å²) in [6.07, 6.45) is 2.48. The van der Waals surface area contributed by atoms with Crippen molar-refractivity contribution in [2.75, 3.05) is 18.4 Å². The average Bonchev–Trinajstić information content (AvgIpc) is 2.77. The standard InChI is InChI=1S/C10H15N5O2/c1-2-6-3-13-15-9(6)14-10(17)7-4-12-8(16)5-11-7/h3,7,11H,2,4-5H2,1H3,(H,12,16)(H2,13,14,15,17). The summed E-state index contributed by atoms with van der Waals surface area (Å²) >= 11 is 0. The lowest BCUT2D eigenvalue weighted by molar-refractivity contribution is -0.124. The predicted octanol–water partition coefficient (Wildman–Crippen LogP) is -1.00. The number of hydrogen-bond acceptors (Lipinski definition) is 4. The van der Waals surface area contributed by atoms with Crippen LogP contribution in [0, 0.1) is 0 Å². The van der Waals surface area contributed by atoms with Gasteiger partial charge in [0.15, 0.2) is 0 Å². The Hall–Kier alpha value is -1.89. The summed E-state index contributed by atoms with van der Waals surface area (Å²) in [6.45, 7) is 2.46. The van der Waals surface area contributed by atoms with Gasteiger partial charge in [0.1, 0.15) is 11.9 Å². The normalized spacial score (nSPS) is 19.8. The lowest BCUT2D eigenvalue weighted by atomic mass is 10.2. The molecule has 1 fully saturated rings. The maximum absolute atomic E-state index is 11.9. The third-order valence-corrected chi connectivity index (χ3v) is 2.68. The van der Waals surface area contributed by atoms with E-state index in [1.807, 2.05) is 6.92 Å². The average molecular weight is 237 g/mol. The van der Waals surface area contributed by atoms with Crippen molar-refractivity contribution in [3.05, 3.63) is 11.8 Å². The fourth-order valence-corrected chi connectivity index (χ4v) is 1.65. The Morgan fingerprint density at radius 2 is 2.47 bits per heavy atom. The molecule has 7 heteroatoms. The molecule has 0 aromatic carbocycles. The molecule has 4 N–H and O–H groups in total. The third kappa shape index (κ3) is 2.62. The van der Waals surface area contributed by atoms with Crippen LogP contribution < -0.4 is 16.0 Å². The van der Waals surface area contributed by atoms with Crippen molar-refractivity contribution in [1.29, 1.82) is 0 Å². The molecule has 1 atom stereocenters. The van der Waals surface area contributed by atoms with Gasteiger partial charge >= 0.3 is 0 Å². The van der Waals surface area contributed by atoms with Crippen LogP contribution in [-0.4, -0.2) is 41.1 Å². The molecule has 7 nitrogen and oxygen atoms in total. The molecule has 2 amide bonds. The van der Waals surface area contributed by atoms with Crippen molar-refractivity contribution in [3.63, 3.8) is 0 Å². The SMILES string of the molecule is CCc1cn[nH]c1NC(=O)C1CNC(=O)CN1. The van der Waals surface area contributed by atoms with Crippen LogP contribution in [0.1, 0.15) is 12.5 Å². The van der Waals surface area contributed by atoms with Crippen LogP contribution in [0.15, 0.2) is 6.20 Å². The zero-order chi connectivity index (χ0) is 12.3. The summed E-state index contributed by atoms with van der Waals surface area (Å²) in [5, 5.41) is 14.9. The molecule has 1 aromatic heterocycles. The molecular formula is C10H15N5O2. The Kier molecular flexibility index (Phi) is 3.38. The van der Waals surface area contributed by atoms with Crippen molar-refractivity contribution < 1.29 is 9.59 Å². The molecule has 1 aliphatic heterocycles. The van der Waals surface area contributed by atoms with Gasteiger partial charge in [0.2, 0.25) is 11.8 Å². The van der Waals surface area contributed by atoms with E-state index in [2.05, 4.69) is 26.1 Å². The topological polar surface area (TPSA) is 98.9 Å². The Morgan fingerprint density at radius 3 is 3.12 bits per heavy atom. The van der Waals surface area contributed by atoms with E-state index in [9.17, 15) is 9.59 Å². The second-order valence-electron chi connectivity index (χ2n) is 3.85. The molecule has 1 aliphatic rings.